The maximum atomic E-state index is 15.9. The Morgan fingerprint density at radius 2 is 1.80 bits per heavy atom. The lowest BCUT2D eigenvalue weighted by atomic mass is 10.0. The summed E-state index contributed by atoms with van der Waals surface area (Å²) in [5, 5.41) is 3.16. The quantitative estimate of drug-likeness (QED) is 0.215. The number of anilines is 1. The largest absolute Gasteiger partial charge is 0.372 e. The number of carbonyl (C=O) groups is 1. The van der Waals surface area contributed by atoms with Gasteiger partial charge in [-0.25, -0.2) is 17.8 Å². The smallest absolute Gasteiger partial charge is 0.345 e. The number of nitrogens with one attached hydrogen (secondary N) is 1. The predicted molar refractivity (Wildman–Crippen MR) is 159 cm³/mol. The Kier molecular flexibility index (Phi) is 9.84. The minimum absolute atomic E-state index is 0.00852. The van der Waals surface area contributed by atoms with Crippen LogP contribution in [0, 0.1) is 5.82 Å². The SMILES string of the molecule is C[C@@H]1CN(c2cccc(-c3ccc4cnc(CNC(=O)c5cc(COC(F)F)cc(S(=O)(=O)C(F)F)c5)cc4c3F)n2)C[C@H](C)O1. The van der Waals surface area contributed by atoms with E-state index in [1.54, 1.807) is 24.3 Å². The van der Waals surface area contributed by atoms with Crippen LogP contribution < -0.4 is 10.2 Å². The first kappa shape index (κ1) is 33.2. The maximum Gasteiger partial charge on any atom is 0.345 e. The summed E-state index contributed by atoms with van der Waals surface area (Å²) in [5.41, 5.74) is 0.272. The molecule has 1 saturated heterocycles. The number of nitrogens with zero attached hydrogens (tertiary/aromatic N) is 3. The molecule has 3 heterocycles. The fraction of sp³-hybridized carbons (Fsp3) is 0.323. The van der Waals surface area contributed by atoms with Crippen LogP contribution in [0.25, 0.3) is 22.0 Å². The molecule has 0 bridgehead atoms. The molecule has 4 aromatic rings. The van der Waals surface area contributed by atoms with Crippen LogP contribution in [0.4, 0.5) is 27.8 Å². The molecule has 15 heteroatoms. The number of sulfone groups is 1. The van der Waals surface area contributed by atoms with E-state index in [9.17, 15) is 30.8 Å². The lowest BCUT2D eigenvalue weighted by molar-refractivity contribution is -0.137. The van der Waals surface area contributed by atoms with Gasteiger partial charge in [-0.05, 0) is 61.9 Å². The van der Waals surface area contributed by atoms with Gasteiger partial charge in [-0.15, -0.1) is 0 Å². The summed E-state index contributed by atoms with van der Waals surface area (Å²) in [5.74, 6) is -4.59. The molecule has 1 fully saturated rings. The number of alkyl halides is 4. The molecule has 0 aliphatic carbocycles. The molecule has 0 radical (unpaired) electrons. The number of aromatic nitrogens is 2. The molecule has 46 heavy (non-hydrogen) atoms. The average Bonchev–Trinajstić information content (AvgIpc) is 3.02. The molecular formula is C31H29F5N4O5S. The molecule has 2 aromatic carbocycles. The third-order valence-electron chi connectivity index (χ3n) is 7.25. The Bertz CT molecular complexity index is 1850. The second kappa shape index (κ2) is 13.6. The van der Waals surface area contributed by atoms with Crippen LogP contribution in [0.2, 0.25) is 0 Å². The van der Waals surface area contributed by atoms with Gasteiger partial charge in [-0.2, -0.15) is 17.6 Å². The summed E-state index contributed by atoms with van der Waals surface area (Å²) in [6, 6.07) is 12.6. The Labute approximate surface area is 261 Å². The van der Waals surface area contributed by atoms with Crippen molar-refractivity contribution in [1.29, 1.82) is 0 Å². The van der Waals surface area contributed by atoms with Gasteiger partial charge in [0.2, 0.25) is 9.84 Å². The van der Waals surface area contributed by atoms with Crippen molar-refractivity contribution < 1.29 is 44.6 Å². The van der Waals surface area contributed by atoms with Crippen molar-refractivity contribution in [3.05, 3.63) is 83.4 Å². The molecule has 1 aliphatic heterocycles. The number of carbonyl (C=O) groups excluding carboxylic acids is 1. The molecule has 0 unspecified atom stereocenters. The van der Waals surface area contributed by atoms with Gasteiger partial charge in [-0.1, -0.05) is 12.1 Å². The predicted octanol–water partition coefficient (Wildman–Crippen LogP) is 5.72. The van der Waals surface area contributed by atoms with Gasteiger partial charge >= 0.3 is 12.4 Å². The van der Waals surface area contributed by atoms with E-state index in [-0.39, 0.29) is 46.5 Å². The van der Waals surface area contributed by atoms with Gasteiger partial charge in [0.05, 0.1) is 41.6 Å². The van der Waals surface area contributed by atoms with Crippen LogP contribution in [-0.4, -0.2) is 62.0 Å². The highest BCUT2D eigenvalue weighted by Crippen LogP contribution is 2.30. The molecule has 1 N–H and O–H groups in total. The number of ether oxygens (including phenoxy) is 2. The van der Waals surface area contributed by atoms with Crippen molar-refractivity contribution in [2.24, 2.45) is 0 Å². The highest BCUT2D eigenvalue weighted by atomic mass is 32.2. The average molecular weight is 665 g/mol. The lowest BCUT2D eigenvalue weighted by Gasteiger charge is -2.36. The second-order valence-corrected chi connectivity index (χ2v) is 12.7. The van der Waals surface area contributed by atoms with E-state index >= 15 is 4.39 Å². The Morgan fingerprint density at radius 1 is 1.07 bits per heavy atom. The number of halogens is 5. The summed E-state index contributed by atoms with van der Waals surface area (Å²) >= 11 is 0. The third kappa shape index (κ3) is 7.43. The Hall–Kier alpha value is -4.21. The van der Waals surface area contributed by atoms with E-state index in [1.165, 1.54) is 12.3 Å². The highest BCUT2D eigenvalue weighted by Gasteiger charge is 2.28. The number of hydrogen-bond donors (Lipinski definition) is 1. The van der Waals surface area contributed by atoms with E-state index in [1.807, 2.05) is 19.9 Å². The van der Waals surface area contributed by atoms with Crippen molar-refractivity contribution in [2.45, 2.75) is 56.5 Å². The summed E-state index contributed by atoms with van der Waals surface area (Å²) in [7, 11) is -5.16. The number of pyridine rings is 2. The van der Waals surface area contributed by atoms with Crippen molar-refractivity contribution >= 4 is 32.3 Å². The zero-order valence-electron chi connectivity index (χ0n) is 24.6. The lowest BCUT2D eigenvalue weighted by Crippen LogP contribution is -2.45. The number of hydrogen-bond acceptors (Lipinski definition) is 8. The van der Waals surface area contributed by atoms with E-state index in [4.69, 9.17) is 9.72 Å². The zero-order chi connectivity index (χ0) is 33.2. The van der Waals surface area contributed by atoms with Gasteiger partial charge in [0.1, 0.15) is 11.6 Å². The van der Waals surface area contributed by atoms with Gasteiger partial charge in [0.25, 0.3) is 5.91 Å². The standard InChI is InChI=1S/C31H29F5N4O5S/c1-17-14-40(15-18(2)45-17)27-5-3-4-26(39-27)24-7-6-20-12-37-22(11-25(20)28(24)32)13-38-29(41)21-8-19(16-44-30(33)34)9-23(10-21)46(42,43)31(35)36/h3-12,17-18,30-31H,13-16H2,1-2H3,(H,38,41)/t17-,18+. The van der Waals surface area contributed by atoms with Gasteiger partial charge in [-0.3, -0.25) is 9.78 Å². The first-order valence-corrected chi connectivity index (χ1v) is 15.7. The number of rotatable bonds is 10. The highest BCUT2D eigenvalue weighted by molar-refractivity contribution is 7.91. The zero-order valence-corrected chi connectivity index (χ0v) is 25.4. The monoisotopic (exact) mass is 664 g/mol. The van der Waals surface area contributed by atoms with Crippen LogP contribution in [0.15, 0.2) is 65.7 Å². The number of amides is 1. The molecule has 244 valence electrons. The van der Waals surface area contributed by atoms with E-state index < -0.39 is 45.4 Å². The van der Waals surface area contributed by atoms with Crippen LogP contribution >= 0.6 is 0 Å². The minimum Gasteiger partial charge on any atom is -0.372 e. The van der Waals surface area contributed by atoms with E-state index in [0.29, 0.717) is 36.1 Å². The Morgan fingerprint density at radius 3 is 2.50 bits per heavy atom. The number of morpholine rings is 1. The van der Waals surface area contributed by atoms with Crippen LogP contribution in [-0.2, 0) is 32.5 Å². The van der Waals surface area contributed by atoms with Crippen LogP contribution in [0.5, 0.6) is 0 Å². The van der Waals surface area contributed by atoms with Crippen molar-refractivity contribution in [1.82, 2.24) is 15.3 Å². The van der Waals surface area contributed by atoms with Crippen LogP contribution in [0.3, 0.4) is 0 Å². The summed E-state index contributed by atoms with van der Waals surface area (Å²) in [6.45, 7) is 0.917. The van der Waals surface area contributed by atoms with Gasteiger partial charge in [0, 0.05) is 41.2 Å². The molecular weight excluding hydrogens is 635 g/mol. The summed E-state index contributed by atoms with van der Waals surface area (Å²) in [4.78, 5) is 23.0. The molecule has 5 rings (SSSR count). The molecule has 1 amide bonds. The minimum atomic E-state index is -5.16. The molecule has 9 nitrogen and oxygen atoms in total. The topological polar surface area (TPSA) is 111 Å². The Balaban J connectivity index is 1.38. The molecule has 0 spiro atoms. The van der Waals surface area contributed by atoms with E-state index in [0.717, 1.165) is 12.1 Å². The second-order valence-electron chi connectivity index (χ2n) is 10.8. The first-order valence-electron chi connectivity index (χ1n) is 14.1. The van der Waals surface area contributed by atoms with Crippen molar-refractivity contribution in [3.8, 4) is 11.3 Å². The summed E-state index contributed by atoms with van der Waals surface area (Å²) in [6.07, 6.45) is 1.43. The molecule has 2 aromatic heterocycles. The summed E-state index contributed by atoms with van der Waals surface area (Å²) < 4.78 is 101. The normalized spacial score (nSPS) is 17.2. The first-order chi connectivity index (χ1) is 21.8. The van der Waals surface area contributed by atoms with Gasteiger partial charge in [0.15, 0.2) is 0 Å². The fourth-order valence-corrected chi connectivity index (χ4v) is 6.02. The molecule has 2 atom stereocenters. The van der Waals surface area contributed by atoms with Crippen molar-refractivity contribution in [2.75, 3.05) is 18.0 Å². The molecule has 0 saturated carbocycles. The maximum absolute atomic E-state index is 15.9. The van der Waals surface area contributed by atoms with E-state index in [2.05, 4.69) is 19.9 Å². The number of benzene rings is 2. The molecule has 1 aliphatic rings. The van der Waals surface area contributed by atoms with Crippen LogP contribution in [0.1, 0.15) is 35.5 Å². The van der Waals surface area contributed by atoms with Gasteiger partial charge < -0.3 is 19.7 Å². The van der Waals surface area contributed by atoms with Crippen molar-refractivity contribution in [3.63, 3.8) is 0 Å². The number of fused-ring (bicyclic) bond motifs is 1. The fourth-order valence-electron chi connectivity index (χ4n) is 5.21. The third-order valence-corrected chi connectivity index (χ3v) is 8.61.